The van der Waals surface area contributed by atoms with Crippen LogP contribution in [0.3, 0.4) is 0 Å². The summed E-state index contributed by atoms with van der Waals surface area (Å²) in [6.45, 7) is 2.05. The first-order valence-corrected chi connectivity index (χ1v) is 8.84. The summed E-state index contributed by atoms with van der Waals surface area (Å²) in [7, 11) is 0. The number of carbonyl (C=O) groups excluding carboxylic acids is 3. The molecule has 0 aromatic heterocycles. The van der Waals surface area contributed by atoms with Crippen LogP contribution in [0.5, 0.6) is 0 Å². The van der Waals surface area contributed by atoms with E-state index < -0.39 is 6.04 Å². The highest BCUT2D eigenvalue weighted by molar-refractivity contribution is 5.96. The highest BCUT2D eigenvalue weighted by Crippen LogP contribution is 2.21. The number of carbonyl (C=O) groups is 3. The van der Waals surface area contributed by atoms with E-state index in [9.17, 15) is 14.4 Å². The Labute approximate surface area is 147 Å². The number of hydrogen-bond donors (Lipinski definition) is 3. The molecule has 0 aliphatic carbocycles. The fraction of sp³-hybridized carbons (Fsp3) is 0.500. The van der Waals surface area contributed by atoms with Gasteiger partial charge in [0, 0.05) is 30.9 Å². The van der Waals surface area contributed by atoms with Crippen LogP contribution in [0.1, 0.15) is 32.1 Å². The fourth-order valence-corrected chi connectivity index (χ4v) is 3.21. The molecule has 7 heteroatoms. The fourth-order valence-electron chi connectivity index (χ4n) is 3.21. The van der Waals surface area contributed by atoms with Crippen LogP contribution < -0.4 is 20.9 Å². The summed E-state index contributed by atoms with van der Waals surface area (Å²) >= 11 is 0. The SMILES string of the molecule is O=C(CNC(=O)C1CCC(=O)N1)Nc1ccc(N2CCCCC2)cc1. The lowest BCUT2D eigenvalue weighted by Gasteiger charge is -2.28. The Morgan fingerprint density at radius 1 is 1.12 bits per heavy atom. The van der Waals surface area contributed by atoms with Crippen LogP contribution in [0.2, 0.25) is 0 Å². The summed E-state index contributed by atoms with van der Waals surface area (Å²) in [5.41, 5.74) is 1.87. The largest absolute Gasteiger partial charge is 0.372 e. The van der Waals surface area contributed by atoms with Gasteiger partial charge in [0.1, 0.15) is 6.04 Å². The summed E-state index contributed by atoms with van der Waals surface area (Å²) in [6, 6.07) is 7.24. The van der Waals surface area contributed by atoms with E-state index in [0.717, 1.165) is 13.1 Å². The molecular weight excluding hydrogens is 320 g/mol. The van der Waals surface area contributed by atoms with Crippen LogP contribution in [0.15, 0.2) is 24.3 Å². The number of rotatable bonds is 5. The van der Waals surface area contributed by atoms with E-state index >= 15 is 0 Å². The number of nitrogens with one attached hydrogen (secondary N) is 3. The summed E-state index contributed by atoms with van der Waals surface area (Å²) in [4.78, 5) is 37.3. The van der Waals surface area contributed by atoms with Gasteiger partial charge in [-0.05, 0) is 49.9 Å². The number of anilines is 2. The lowest BCUT2D eigenvalue weighted by Crippen LogP contribution is -2.44. The van der Waals surface area contributed by atoms with Crippen LogP contribution in [0.25, 0.3) is 0 Å². The van der Waals surface area contributed by atoms with Crippen molar-refractivity contribution in [3.8, 4) is 0 Å². The highest BCUT2D eigenvalue weighted by atomic mass is 16.2. The van der Waals surface area contributed by atoms with E-state index in [1.54, 1.807) is 0 Å². The molecule has 2 heterocycles. The van der Waals surface area contributed by atoms with Gasteiger partial charge in [0.2, 0.25) is 17.7 Å². The highest BCUT2D eigenvalue weighted by Gasteiger charge is 2.27. The molecule has 1 aromatic rings. The quantitative estimate of drug-likeness (QED) is 0.744. The molecule has 134 valence electrons. The zero-order chi connectivity index (χ0) is 17.6. The summed E-state index contributed by atoms with van der Waals surface area (Å²) in [5, 5.41) is 7.90. The number of nitrogens with zero attached hydrogens (tertiary/aromatic N) is 1. The molecular formula is C18H24N4O3. The molecule has 1 aromatic carbocycles. The Hall–Kier alpha value is -2.57. The van der Waals surface area contributed by atoms with E-state index in [0.29, 0.717) is 18.5 Å². The van der Waals surface area contributed by atoms with E-state index in [2.05, 4.69) is 20.9 Å². The maximum atomic E-state index is 12.0. The van der Waals surface area contributed by atoms with Crippen molar-refractivity contribution in [1.82, 2.24) is 10.6 Å². The Kier molecular flexibility index (Phi) is 5.53. The topological polar surface area (TPSA) is 90.5 Å². The second kappa shape index (κ2) is 8.00. The van der Waals surface area contributed by atoms with Crippen LogP contribution in [0, 0.1) is 0 Å². The molecule has 2 aliphatic rings. The van der Waals surface area contributed by atoms with Gasteiger partial charge in [-0.15, -0.1) is 0 Å². The van der Waals surface area contributed by atoms with Gasteiger partial charge >= 0.3 is 0 Å². The minimum atomic E-state index is -0.524. The first-order valence-electron chi connectivity index (χ1n) is 8.84. The van der Waals surface area contributed by atoms with Crippen molar-refractivity contribution in [3.05, 3.63) is 24.3 Å². The third-order valence-corrected chi connectivity index (χ3v) is 4.61. The second-order valence-corrected chi connectivity index (χ2v) is 6.52. The number of hydrogen-bond acceptors (Lipinski definition) is 4. The molecule has 3 N–H and O–H groups in total. The number of benzene rings is 1. The third-order valence-electron chi connectivity index (χ3n) is 4.61. The minimum absolute atomic E-state index is 0.112. The van der Waals surface area contributed by atoms with Gasteiger partial charge in [-0.3, -0.25) is 14.4 Å². The molecule has 25 heavy (non-hydrogen) atoms. The van der Waals surface area contributed by atoms with Crippen molar-refractivity contribution in [3.63, 3.8) is 0 Å². The normalized spacial score (nSPS) is 20.1. The van der Waals surface area contributed by atoms with Gasteiger partial charge < -0.3 is 20.9 Å². The molecule has 7 nitrogen and oxygen atoms in total. The molecule has 0 radical (unpaired) electrons. The van der Waals surface area contributed by atoms with Crippen LogP contribution in [-0.4, -0.2) is 43.4 Å². The molecule has 2 saturated heterocycles. The van der Waals surface area contributed by atoms with Crippen molar-refractivity contribution in [2.45, 2.75) is 38.1 Å². The summed E-state index contributed by atoms with van der Waals surface area (Å²) in [6.07, 6.45) is 4.57. The first-order chi connectivity index (χ1) is 12.1. The molecule has 0 saturated carbocycles. The Morgan fingerprint density at radius 2 is 1.84 bits per heavy atom. The van der Waals surface area contributed by atoms with Crippen molar-refractivity contribution in [2.75, 3.05) is 29.9 Å². The number of piperidine rings is 1. The molecule has 1 atom stereocenters. The predicted molar refractivity (Wildman–Crippen MR) is 95.3 cm³/mol. The maximum Gasteiger partial charge on any atom is 0.243 e. The van der Waals surface area contributed by atoms with Gasteiger partial charge in [0.15, 0.2) is 0 Å². The molecule has 0 bridgehead atoms. The van der Waals surface area contributed by atoms with Crippen molar-refractivity contribution < 1.29 is 14.4 Å². The van der Waals surface area contributed by atoms with Gasteiger partial charge in [0.05, 0.1) is 6.54 Å². The molecule has 2 fully saturated rings. The molecule has 3 rings (SSSR count). The molecule has 0 spiro atoms. The molecule has 1 unspecified atom stereocenters. The monoisotopic (exact) mass is 344 g/mol. The zero-order valence-corrected chi connectivity index (χ0v) is 14.2. The third kappa shape index (κ3) is 4.71. The lowest BCUT2D eigenvalue weighted by atomic mass is 10.1. The zero-order valence-electron chi connectivity index (χ0n) is 14.2. The Bertz CT molecular complexity index is 638. The van der Waals surface area contributed by atoms with E-state index in [1.165, 1.54) is 24.9 Å². The van der Waals surface area contributed by atoms with Crippen LogP contribution in [-0.2, 0) is 14.4 Å². The molecule has 2 aliphatic heterocycles. The van der Waals surface area contributed by atoms with Crippen molar-refractivity contribution in [1.29, 1.82) is 0 Å². The standard InChI is InChI=1S/C18H24N4O3/c23-16-9-8-15(21-16)18(25)19-12-17(24)20-13-4-6-14(7-5-13)22-10-2-1-3-11-22/h4-7,15H,1-3,8-12H2,(H,19,25)(H,20,24)(H,21,23). The van der Waals surface area contributed by atoms with Crippen molar-refractivity contribution in [2.24, 2.45) is 0 Å². The summed E-state index contributed by atoms with van der Waals surface area (Å²) in [5.74, 6) is -0.733. The van der Waals surface area contributed by atoms with Gasteiger partial charge in [-0.2, -0.15) is 0 Å². The van der Waals surface area contributed by atoms with Crippen LogP contribution >= 0.6 is 0 Å². The van der Waals surface area contributed by atoms with Crippen molar-refractivity contribution >= 4 is 29.1 Å². The first kappa shape index (κ1) is 17.3. The Balaban J connectivity index is 1.44. The van der Waals surface area contributed by atoms with E-state index in [-0.39, 0.29) is 24.3 Å². The van der Waals surface area contributed by atoms with E-state index in [4.69, 9.17) is 0 Å². The molecule has 3 amide bonds. The average Bonchev–Trinajstić information content (AvgIpc) is 3.08. The second-order valence-electron chi connectivity index (χ2n) is 6.52. The van der Waals surface area contributed by atoms with E-state index in [1.807, 2.05) is 24.3 Å². The predicted octanol–water partition coefficient (Wildman–Crippen LogP) is 1.01. The minimum Gasteiger partial charge on any atom is -0.372 e. The smallest absolute Gasteiger partial charge is 0.243 e. The van der Waals surface area contributed by atoms with Gasteiger partial charge in [-0.1, -0.05) is 0 Å². The van der Waals surface area contributed by atoms with Gasteiger partial charge in [-0.25, -0.2) is 0 Å². The Morgan fingerprint density at radius 3 is 2.48 bits per heavy atom. The van der Waals surface area contributed by atoms with Crippen LogP contribution in [0.4, 0.5) is 11.4 Å². The lowest BCUT2D eigenvalue weighted by molar-refractivity contribution is -0.127. The maximum absolute atomic E-state index is 12.0. The average molecular weight is 344 g/mol. The number of amides is 3. The van der Waals surface area contributed by atoms with Gasteiger partial charge in [0.25, 0.3) is 0 Å². The summed E-state index contributed by atoms with van der Waals surface area (Å²) < 4.78 is 0.